The first-order valence-corrected chi connectivity index (χ1v) is 8.17. The predicted molar refractivity (Wildman–Crippen MR) is 89.2 cm³/mol. The summed E-state index contributed by atoms with van der Waals surface area (Å²) in [7, 11) is 0. The van der Waals surface area contributed by atoms with Crippen molar-refractivity contribution in [3.05, 3.63) is 35.4 Å². The van der Waals surface area contributed by atoms with Crippen molar-refractivity contribution < 1.29 is 0 Å². The summed E-state index contributed by atoms with van der Waals surface area (Å²) in [5.74, 6) is 0. The molecule has 0 aromatic heterocycles. The van der Waals surface area contributed by atoms with Gasteiger partial charge >= 0.3 is 0 Å². The average molecular weight is 276 g/mol. The molecular weight excluding hydrogens is 244 g/mol. The van der Waals surface area contributed by atoms with Gasteiger partial charge < -0.3 is 5.32 Å². The minimum absolute atomic E-state index is 0.419. The molecule has 2 unspecified atom stereocenters. The molecule has 20 heavy (non-hydrogen) atoms. The largest absolute Gasteiger partial charge is 0.309 e. The van der Waals surface area contributed by atoms with E-state index in [2.05, 4.69) is 69.1 Å². The van der Waals surface area contributed by atoms with E-state index >= 15 is 0 Å². The molecule has 0 aliphatic carbocycles. The maximum Gasteiger partial charge on any atom is 0.0475 e. The Morgan fingerprint density at radius 1 is 1.05 bits per heavy atom. The summed E-state index contributed by atoms with van der Waals surface area (Å²) in [5.41, 5.74) is 2.74. The van der Waals surface area contributed by atoms with Gasteiger partial charge in [-0.25, -0.2) is 0 Å². The van der Waals surface area contributed by atoms with Gasteiger partial charge in [0.1, 0.15) is 0 Å². The van der Waals surface area contributed by atoms with Crippen LogP contribution >= 0.6 is 0 Å². The number of hydrogen-bond acceptors (Lipinski definition) is 2. The van der Waals surface area contributed by atoms with Crippen LogP contribution in [0.3, 0.4) is 0 Å². The van der Waals surface area contributed by atoms with Crippen molar-refractivity contribution in [3.63, 3.8) is 0 Å². The van der Waals surface area contributed by atoms with Crippen molar-refractivity contribution in [2.24, 2.45) is 0 Å². The number of benzene rings is 1. The molecule has 0 radical (unpaired) electrons. The maximum atomic E-state index is 3.74. The fourth-order valence-electron chi connectivity index (χ4n) is 2.79. The van der Waals surface area contributed by atoms with Gasteiger partial charge in [-0.05, 0) is 51.9 Å². The van der Waals surface area contributed by atoms with Crippen LogP contribution in [-0.2, 0) is 0 Å². The summed E-state index contributed by atoms with van der Waals surface area (Å²) in [6, 6.07) is 9.94. The standard InChI is InChI=1S/C18H32N2/c1-6-13-19-18(16(5)20(8-3)14-7-2)17-11-9-15(4)10-12-17/h9-12,16,18-19H,6-8,13-14H2,1-5H3. The van der Waals surface area contributed by atoms with E-state index in [1.54, 1.807) is 0 Å². The second kappa shape index (κ2) is 9.15. The number of nitrogens with one attached hydrogen (secondary N) is 1. The Hall–Kier alpha value is -0.860. The van der Waals surface area contributed by atoms with Gasteiger partial charge in [0.25, 0.3) is 0 Å². The third-order valence-electron chi connectivity index (χ3n) is 4.03. The van der Waals surface area contributed by atoms with Crippen LogP contribution in [0.4, 0.5) is 0 Å². The van der Waals surface area contributed by atoms with Crippen LogP contribution in [0, 0.1) is 6.92 Å². The Kier molecular flexibility index (Phi) is 7.86. The number of aryl methyl sites for hydroxylation is 1. The Morgan fingerprint density at radius 2 is 1.70 bits per heavy atom. The fourth-order valence-corrected chi connectivity index (χ4v) is 2.79. The highest BCUT2D eigenvalue weighted by molar-refractivity contribution is 5.25. The van der Waals surface area contributed by atoms with E-state index in [9.17, 15) is 0 Å². The van der Waals surface area contributed by atoms with Crippen molar-refractivity contribution >= 4 is 0 Å². The van der Waals surface area contributed by atoms with Crippen LogP contribution in [0.5, 0.6) is 0 Å². The van der Waals surface area contributed by atoms with E-state index in [1.807, 2.05) is 0 Å². The van der Waals surface area contributed by atoms with Crippen LogP contribution in [0.15, 0.2) is 24.3 Å². The highest BCUT2D eigenvalue weighted by atomic mass is 15.2. The van der Waals surface area contributed by atoms with Crippen LogP contribution in [-0.4, -0.2) is 30.6 Å². The normalized spacial score (nSPS) is 14.5. The Morgan fingerprint density at radius 3 is 2.20 bits per heavy atom. The lowest BCUT2D eigenvalue weighted by Crippen LogP contribution is -2.43. The second-order valence-electron chi connectivity index (χ2n) is 5.71. The third-order valence-corrected chi connectivity index (χ3v) is 4.03. The average Bonchev–Trinajstić information content (AvgIpc) is 2.46. The lowest BCUT2D eigenvalue weighted by molar-refractivity contribution is 0.177. The molecule has 0 heterocycles. The van der Waals surface area contributed by atoms with Gasteiger partial charge in [-0.3, -0.25) is 4.90 Å². The van der Waals surface area contributed by atoms with Crippen LogP contribution < -0.4 is 5.32 Å². The molecule has 0 amide bonds. The molecule has 114 valence electrons. The predicted octanol–water partition coefficient (Wildman–Crippen LogP) is 4.16. The van der Waals surface area contributed by atoms with Crippen molar-refractivity contribution in [1.29, 1.82) is 0 Å². The number of hydrogen-bond donors (Lipinski definition) is 1. The SMILES string of the molecule is CCCNC(c1ccc(C)cc1)C(C)N(CC)CCC. The molecule has 0 spiro atoms. The van der Waals surface area contributed by atoms with Gasteiger partial charge in [0.05, 0.1) is 0 Å². The maximum absolute atomic E-state index is 3.74. The molecule has 2 heteroatoms. The van der Waals surface area contributed by atoms with E-state index in [4.69, 9.17) is 0 Å². The zero-order valence-electron chi connectivity index (χ0n) is 13.9. The zero-order chi connectivity index (χ0) is 15.0. The van der Waals surface area contributed by atoms with E-state index in [-0.39, 0.29) is 0 Å². The summed E-state index contributed by atoms with van der Waals surface area (Å²) < 4.78 is 0. The first kappa shape index (κ1) is 17.2. The van der Waals surface area contributed by atoms with E-state index in [0.717, 1.165) is 13.1 Å². The number of nitrogens with zero attached hydrogens (tertiary/aromatic N) is 1. The Bertz CT molecular complexity index is 358. The molecule has 2 atom stereocenters. The second-order valence-corrected chi connectivity index (χ2v) is 5.71. The summed E-state index contributed by atoms with van der Waals surface area (Å²) in [6.07, 6.45) is 2.39. The van der Waals surface area contributed by atoms with Crippen molar-refractivity contribution in [3.8, 4) is 0 Å². The van der Waals surface area contributed by atoms with E-state index < -0.39 is 0 Å². The highest BCUT2D eigenvalue weighted by Gasteiger charge is 2.23. The number of likely N-dealkylation sites (N-methyl/N-ethyl adjacent to an activating group) is 1. The Balaban J connectivity index is 2.89. The lowest BCUT2D eigenvalue weighted by Gasteiger charge is -2.35. The summed E-state index contributed by atoms with van der Waals surface area (Å²) >= 11 is 0. The van der Waals surface area contributed by atoms with Crippen molar-refractivity contribution in [1.82, 2.24) is 10.2 Å². The first-order chi connectivity index (χ1) is 9.63. The van der Waals surface area contributed by atoms with Gasteiger partial charge in [0.2, 0.25) is 0 Å². The summed E-state index contributed by atoms with van der Waals surface area (Å²) in [5, 5.41) is 3.74. The van der Waals surface area contributed by atoms with Gasteiger partial charge in [-0.1, -0.05) is 50.6 Å². The molecule has 0 saturated carbocycles. The molecule has 2 nitrogen and oxygen atoms in total. The van der Waals surface area contributed by atoms with E-state index in [0.29, 0.717) is 12.1 Å². The third kappa shape index (κ3) is 4.92. The van der Waals surface area contributed by atoms with Crippen LogP contribution in [0.1, 0.15) is 57.7 Å². The molecule has 0 bridgehead atoms. The minimum Gasteiger partial charge on any atom is -0.309 e. The summed E-state index contributed by atoms with van der Waals surface area (Å²) in [4.78, 5) is 2.58. The van der Waals surface area contributed by atoms with Gasteiger partial charge in [0.15, 0.2) is 0 Å². The zero-order valence-corrected chi connectivity index (χ0v) is 13.9. The molecule has 0 aliphatic heterocycles. The van der Waals surface area contributed by atoms with Gasteiger partial charge in [0, 0.05) is 12.1 Å². The fraction of sp³-hybridized carbons (Fsp3) is 0.667. The monoisotopic (exact) mass is 276 g/mol. The number of rotatable bonds is 9. The molecule has 1 N–H and O–H groups in total. The molecule has 1 rings (SSSR count). The topological polar surface area (TPSA) is 15.3 Å². The van der Waals surface area contributed by atoms with Crippen LogP contribution in [0.25, 0.3) is 0 Å². The molecule has 0 aliphatic rings. The molecule has 1 aromatic rings. The molecule has 1 aromatic carbocycles. The quantitative estimate of drug-likeness (QED) is 0.728. The molecule has 0 fully saturated rings. The first-order valence-electron chi connectivity index (χ1n) is 8.17. The van der Waals surface area contributed by atoms with E-state index in [1.165, 1.54) is 30.5 Å². The smallest absolute Gasteiger partial charge is 0.0475 e. The van der Waals surface area contributed by atoms with Crippen LogP contribution in [0.2, 0.25) is 0 Å². The Labute approximate surface area is 125 Å². The summed E-state index contributed by atoms with van der Waals surface area (Å²) in [6.45, 7) is 14.6. The van der Waals surface area contributed by atoms with Gasteiger partial charge in [-0.15, -0.1) is 0 Å². The molecular formula is C18H32N2. The van der Waals surface area contributed by atoms with Gasteiger partial charge in [-0.2, -0.15) is 0 Å². The highest BCUT2D eigenvalue weighted by Crippen LogP contribution is 2.22. The lowest BCUT2D eigenvalue weighted by atomic mass is 9.97. The van der Waals surface area contributed by atoms with Crippen molar-refractivity contribution in [2.75, 3.05) is 19.6 Å². The molecule has 0 saturated heterocycles. The van der Waals surface area contributed by atoms with Crippen molar-refractivity contribution in [2.45, 2.75) is 59.5 Å². The minimum atomic E-state index is 0.419.